The SMILES string of the molecule is Nc1cnccc1SCc1nc(-c2cccc(Cl)c2)no1. The lowest BCUT2D eigenvalue weighted by molar-refractivity contribution is 0.391. The Morgan fingerprint density at radius 3 is 3.00 bits per heavy atom. The highest BCUT2D eigenvalue weighted by Crippen LogP contribution is 2.27. The highest BCUT2D eigenvalue weighted by Gasteiger charge is 2.10. The van der Waals surface area contributed by atoms with E-state index in [-0.39, 0.29) is 0 Å². The number of aromatic nitrogens is 3. The van der Waals surface area contributed by atoms with Gasteiger partial charge in [0.05, 0.1) is 17.6 Å². The summed E-state index contributed by atoms with van der Waals surface area (Å²) in [5.74, 6) is 1.60. The summed E-state index contributed by atoms with van der Waals surface area (Å²) in [6, 6.07) is 9.18. The maximum absolute atomic E-state index is 5.95. The Labute approximate surface area is 130 Å². The van der Waals surface area contributed by atoms with E-state index in [1.54, 1.807) is 24.5 Å². The number of thioether (sulfide) groups is 1. The normalized spacial score (nSPS) is 10.7. The van der Waals surface area contributed by atoms with Gasteiger partial charge in [-0.25, -0.2) is 0 Å². The summed E-state index contributed by atoms with van der Waals surface area (Å²) in [5, 5.41) is 4.60. The molecule has 0 bridgehead atoms. The summed E-state index contributed by atoms with van der Waals surface area (Å²) in [5.41, 5.74) is 7.29. The highest BCUT2D eigenvalue weighted by atomic mass is 35.5. The Hall–Kier alpha value is -2.05. The number of nitrogens with zero attached hydrogens (tertiary/aromatic N) is 3. The molecule has 0 amide bonds. The minimum atomic E-state index is 0.524. The lowest BCUT2D eigenvalue weighted by Crippen LogP contribution is -1.90. The third-order valence-corrected chi connectivity index (χ3v) is 4.02. The Kier molecular flexibility index (Phi) is 4.08. The van der Waals surface area contributed by atoms with Crippen molar-refractivity contribution in [1.82, 2.24) is 15.1 Å². The largest absolute Gasteiger partial charge is 0.397 e. The van der Waals surface area contributed by atoms with Gasteiger partial charge in [0.25, 0.3) is 0 Å². The highest BCUT2D eigenvalue weighted by molar-refractivity contribution is 7.98. The molecule has 0 saturated heterocycles. The monoisotopic (exact) mass is 318 g/mol. The van der Waals surface area contributed by atoms with E-state index in [4.69, 9.17) is 21.9 Å². The molecule has 2 aromatic heterocycles. The van der Waals surface area contributed by atoms with Crippen molar-refractivity contribution in [3.8, 4) is 11.4 Å². The number of hydrogen-bond donors (Lipinski definition) is 1. The first-order chi connectivity index (χ1) is 10.2. The molecular weight excluding hydrogens is 308 g/mol. The maximum Gasteiger partial charge on any atom is 0.237 e. The van der Waals surface area contributed by atoms with Gasteiger partial charge in [-0.2, -0.15) is 4.98 Å². The fourth-order valence-electron chi connectivity index (χ4n) is 1.72. The van der Waals surface area contributed by atoms with Gasteiger partial charge < -0.3 is 10.3 Å². The van der Waals surface area contributed by atoms with E-state index in [1.165, 1.54) is 11.8 Å². The third kappa shape index (κ3) is 3.34. The predicted molar refractivity (Wildman–Crippen MR) is 83.0 cm³/mol. The van der Waals surface area contributed by atoms with Crippen molar-refractivity contribution in [2.45, 2.75) is 10.6 Å². The van der Waals surface area contributed by atoms with Crippen LogP contribution in [0.4, 0.5) is 5.69 Å². The summed E-state index contributed by atoms with van der Waals surface area (Å²) >= 11 is 7.47. The second-order valence-corrected chi connectivity index (χ2v) is 5.68. The zero-order valence-electron chi connectivity index (χ0n) is 10.9. The molecule has 2 heterocycles. The Balaban J connectivity index is 1.72. The molecule has 0 aliphatic carbocycles. The molecule has 3 aromatic rings. The Morgan fingerprint density at radius 1 is 1.29 bits per heavy atom. The van der Waals surface area contributed by atoms with Crippen molar-refractivity contribution < 1.29 is 4.52 Å². The van der Waals surface area contributed by atoms with Gasteiger partial charge in [0.1, 0.15) is 0 Å². The first-order valence-corrected chi connectivity index (χ1v) is 7.49. The topological polar surface area (TPSA) is 77.8 Å². The van der Waals surface area contributed by atoms with Gasteiger partial charge in [-0.1, -0.05) is 28.9 Å². The van der Waals surface area contributed by atoms with Crippen molar-refractivity contribution in [2.75, 3.05) is 5.73 Å². The van der Waals surface area contributed by atoms with Crippen LogP contribution in [0.2, 0.25) is 5.02 Å². The number of rotatable bonds is 4. The summed E-state index contributed by atoms with van der Waals surface area (Å²) in [4.78, 5) is 9.24. The van der Waals surface area contributed by atoms with E-state index >= 15 is 0 Å². The molecule has 0 saturated carbocycles. The molecule has 1 aromatic carbocycles. The molecule has 0 aliphatic rings. The molecule has 21 heavy (non-hydrogen) atoms. The molecule has 2 N–H and O–H groups in total. The quantitative estimate of drug-likeness (QED) is 0.740. The molecule has 0 unspecified atom stereocenters. The second kappa shape index (κ2) is 6.15. The van der Waals surface area contributed by atoms with Gasteiger partial charge in [-0.15, -0.1) is 11.8 Å². The molecule has 0 aliphatic heterocycles. The summed E-state index contributed by atoms with van der Waals surface area (Å²) < 4.78 is 5.24. The zero-order valence-corrected chi connectivity index (χ0v) is 12.4. The molecule has 0 spiro atoms. The standard InChI is InChI=1S/C14H11ClN4OS/c15-10-3-1-2-9(6-10)14-18-13(20-19-14)8-21-12-4-5-17-7-11(12)16/h1-7H,8,16H2. The third-order valence-electron chi connectivity index (χ3n) is 2.71. The van der Waals surface area contributed by atoms with Gasteiger partial charge in [0.2, 0.25) is 11.7 Å². The Bertz CT molecular complexity index is 762. The van der Waals surface area contributed by atoms with Crippen molar-refractivity contribution >= 4 is 29.1 Å². The molecule has 0 atom stereocenters. The van der Waals surface area contributed by atoms with E-state index < -0.39 is 0 Å². The number of nitrogens with two attached hydrogens (primary N) is 1. The van der Waals surface area contributed by atoms with Crippen LogP contribution >= 0.6 is 23.4 Å². The predicted octanol–water partition coefficient (Wildman–Crippen LogP) is 3.66. The van der Waals surface area contributed by atoms with Crippen LogP contribution in [-0.4, -0.2) is 15.1 Å². The summed E-state index contributed by atoms with van der Waals surface area (Å²) in [7, 11) is 0. The molecule has 0 radical (unpaired) electrons. The van der Waals surface area contributed by atoms with E-state index in [9.17, 15) is 0 Å². The average Bonchev–Trinajstić information content (AvgIpc) is 2.95. The van der Waals surface area contributed by atoms with Crippen LogP contribution in [0.1, 0.15) is 5.89 Å². The second-order valence-electron chi connectivity index (χ2n) is 4.22. The van der Waals surface area contributed by atoms with Gasteiger partial charge in [-0.05, 0) is 18.2 Å². The minimum Gasteiger partial charge on any atom is -0.397 e. The van der Waals surface area contributed by atoms with Crippen LogP contribution in [0, 0.1) is 0 Å². The van der Waals surface area contributed by atoms with Crippen LogP contribution in [-0.2, 0) is 5.75 Å². The van der Waals surface area contributed by atoms with Gasteiger partial charge in [0, 0.05) is 21.7 Å². The summed E-state index contributed by atoms with van der Waals surface area (Å²) in [6.45, 7) is 0. The number of nitrogen functional groups attached to an aromatic ring is 1. The first kappa shape index (κ1) is 13.9. The van der Waals surface area contributed by atoms with Crippen LogP contribution in [0.3, 0.4) is 0 Å². The fraction of sp³-hybridized carbons (Fsp3) is 0.0714. The zero-order chi connectivity index (χ0) is 14.7. The van der Waals surface area contributed by atoms with Crippen molar-refractivity contribution in [2.24, 2.45) is 0 Å². The van der Waals surface area contributed by atoms with E-state index in [1.807, 2.05) is 18.2 Å². The average molecular weight is 319 g/mol. The van der Waals surface area contributed by atoms with Gasteiger partial charge in [0.15, 0.2) is 0 Å². The number of benzene rings is 1. The molecule has 3 rings (SSSR count). The van der Waals surface area contributed by atoms with Gasteiger partial charge >= 0.3 is 0 Å². The van der Waals surface area contributed by atoms with Gasteiger partial charge in [-0.3, -0.25) is 4.98 Å². The van der Waals surface area contributed by atoms with E-state index in [0.717, 1.165) is 10.5 Å². The number of pyridine rings is 1. The van der Waals surface area contributed by atoms with Crippen molar-refractivity contribution in [3.63, 3.8) is 0 Å². The van der Waals surface area contributed by atoms with Crippen LogP contribution in [0.5, 0.6) is 0 Å². The van der Waals surface area contributed by atoms with E-state index in [2.05, 4.69) is 15.1 Å². The summed E-state index contributed by atoms with van der Waals surface area (Å²) in [6.07, 6.45) is 3.32. The fourth-order valence-corrected chi connectivity index (χ4v) is 2.69. The smallest absolute Gasteiger partial charge is 0.237 e. The van der Waals surface area contributed by atoms with Crippen LogP contribution in [0.15, 0.2) is 52.1 Å². The number of anilines is 1. The lowest BCUT2D eigenvalue weighted by Gasteiger charge is -2.01. The lowest BCUT2D eigenvalue weighted by atomic mass is 10.2. The minimum absolute atomic E-state index is 0.524. The van der Waals surface area contributed by atoms with Crippen molar-refractivity contribution in [3.05, 3.63) is 53.6 Å². The van der Waals surface area contributed by atoms with Crippen LogP contribution < -0.4 is 5.73 Å². The molecule has 5 nitrogen and oxygen atoms in total. The molecular formula is C14H11ClN4OS. The maximum atomic E-state index is 5.95. The van der Waals surface area contributed by atoms with Crippen LogP contribution in [0.25, 0.3) is 11.4 Å². The van der Waals surface area contributed by atoms with E-state index in [0.29, 0.717) is 28.2 Å². The molecule has 7 heteroatoms. The van der Waals surface area contributed by atoms with Crippen molar-refractivity contribution in [1.29, 1.82) is 0 Å². The Morgan fingerprint density at radius 2 is 2.19 bits per heavy atom. The molecule has 0 fully saturated rings. The number of hydrogen-bond acceptors (Lipinski definition) is 6. The first-order valence-electron chi connectivity index (χ1n) is 6.13. The number of halogens is 1. The molecule has 106 valence electrons.